The third-order valence-electron chi connectivity index (χ3n) is 5.77. The van der Waals surface area contributed by atoms with E-state index in [9.17, 15) is 17.2 Å². The first-order valence-electron chi connectivity index (χ1n) is 11.4. The van der Waals surface area contributed by atoms with Crippen LogP contribution in [0.4, 0.5) is 14.6 Å². The van der Waals surface area contributed by atoms with Crippen LogP contribution in [0.1, 0.15) is 25.0 Å². The molecule has 3 aromatic heterocycles. The highest BCUT2D eigenvalue weighted by Crippen LogP contribution is 2.31. The molecule has 0 saturated carbocycles. The topological polar surface area (TPSA) is 114 Å². The molecule has 0 aliphatic carbocycles. The zero-order valence-electron chi connectivity index (χ0n) is 19.6. The summed E-state index contributed by atoms with van der Waals surface area (Å²) in [7, 11) is -1.45. The highest BCUT2D eigenvalue weighted by atomic mass is 32.2. The van der Waals surface area contributed by atoms with Crippen LogP contribution in [-0.4, -0.2) is 74.1 Å². The van der Waals surface area contributed by atoms with Crippen LogP contribution in [0.3, 0.4) is 0 Å². The van der Waals surface area contributed by atoms with E-state index in [0.717, 1.165) is 25.6 Å². The molecule has 1 atom stereocenters. The number of ether oxygens (including phenoxy) is 1. The van der Waals surface area contributed by atoms with Crippen LogP contribution in [0, 0.1) is 5.92 Å². The van der Waals surface area contributed by atoms with E-state index in [1.165, 1.54) is 16.6 Å². The first kappa shape index (κ1) is 25.2. The first-order chi connectivity index (χ1) is 16.7. The number of hydrogen-bond donors (Lipinski definition) is 2. The molecular formula is C22H29F2N7O3S. The van der Waals surface area contributed by atoms with Gasteiger partial charge in [0.15, 0.2) is 5.65 Å². The smallest absolute Gasteiger partial charge is 0.282 e. The largest absolute Gasteiger partial charge is 0.476 e. The summed E-state index contributed by atoms with van der Waals surface area (Å²) in [4.78, 5) is 11.1. The van der Waals surface area contributed by atoms with E-state index in [0.29, 0.717) is 54.8 Å². The molecule has 0 aromatic carbocycles. The summed E-state index contributed by atoms with van der Waals surface area (Å²) >= 11 is 0. The molecule has 1 saturated heterocycles. The number of halogens is 2. The number of aromatic nitrogens is 4. The van der Waals surface area contributed by atoms with Gasteiger partial charge in [0, 0.05) is 37.8 Å². The Balaban J connectivity index is 1.68. The van der Waals surface area contributed by atoms with Crippen molar-refractivity contribution in [3.8, 4) is 17.1 Å². The lowest BCUT2D eigenvalue weighted by Gasteiger charge is -2.34. The molecule has 4 rings (SSSR count). The summed E-state index contributed by atoms with van der Waals surface area (Å²) in [6.07, 6.45) is 1.82. The zero-order chi connectivity index (χ0) is 25.0. The van der Waals surface area contributed by atoms with Crippen LogP contribution >= 0.6 is 0 Å². The number of nitrogens with one attached hydrogen (secondary N) is 2. The standard InChI is InChI=1S/C22H29F2N7O3S/c1-25-7-9-34-21-11-16(18-13-26-19-6-5-17(22(23)24)29-31(18)19)10-20(28-21)30-8-3-4-15(14-30)12-27-35(2,32)33/h5-6,10-11,13,15,22,25,27H,3-4,7-9,12,14H2,1-2H3. The molecule has 0 bridgehead atoms. The third-order valence-corrected chi connectivity index (χ3v) is 6.46. The van der Waals surface area contributed by atoms with Gasteiger partial charge in [-0.3, -0.25) is 0 Å². The van der Waals surface area contributed by atoms with Gasteiger partial charge in [-0.2, -0.15) is 10.1 Å². The van der Waals surface area contributed by atoms with Crippen LogP contribution in [0.2, 0.25) is 0 Å². The van der Waals surface area contributed by atoms with Crippen molar-refractivity contribution >= 4 is 21.5 Å². The second-order valence-corrected chi connectivity index (χ2v) is 10.4. The highest BCUT2D eigenvalue weighted by molar-refractivity contribution is 7.88. The molecule has 10 nitrogen and oxygen atoms in total. The zero-order valence-corrected chi connectivity index (χ0v) is 20.4. The van der Waals surface area contributed by atoms with Crippen molar-refractivity contribution in [3.05, 3.63) is 36.2 Å². The molecule has 2 N–H and O–H groups in total. The van der Waals surface area contributed by atoms with Gasteiger partial charge in [-0.1, -0.05) is 0 Å². The number of piperidine rings is 1. The van der Waals surface area contributed by atoms with Gasteiger partial charge in [0.25, 0.3) is 6.43 Å². The van der Waals surface area contributed by atoms with E-state index in [4.69, 9.17) is 4.74 Å². The number of pyridine rings is 1. The predicted molar refractivity (Wildman–Crippen MR) is 128 cm³/mol. The lowest BCUT2D eigenvalue weighted by atomic mass is 9.98. The van der Waals surface area contributed by atoms with Crippen molar-refractivity contribution < 1.29 is 21.9 Å². The van der Waals surface area contributed by atoms with Crippen LogP contribution in [0.5, 0.6) is 5.88 Å². The Morgan fingerprint density at radius 1 is 1.29 bits per heavy atom. The monoisotopic (exact) mass is 509 g/mol. The summed E-state index contributed by atoms with van der Waals surface area (Å²) in [5, 5.41) is 7.09. The third kappa shape index (κ3) is 6.41. The molecule has 1 fully saturated rings. The van der Waals surface area contributed by atoms with Gasteiger partial charge in [0.2, 0.25) is 15.9 Å². The summed E-state index contributed by atoms with van der Waals surface area (Å²) < 4.78 is 59.4. The van der Waals surface area contributed by atoms with Crippen LogP contribution in [-0.2, 0) is 10.0 Å². The lowest BCUT2D eigenvalue weighted by Crippen LogP contribution is -2.41. The molecule has 1 unspecified atom stereocenters. The Morgan fingerprint density at radius 2 is 2.11 bits per heavy atom. The van der Waals surface area contributed by atoms with E-state index in [2.05, 4.69) is 30.0 Å². The summed E-state index contributed by atoms with van der Waals surface area (Å²) in [6.45, 7) is 2.75. The van der Waals surface area contributed by atoms with Crippen LogP contribution in [0.15, 0.2) is 30.5 Å². The second kappa shape index (κ2) is 10.8. The summed E-state index contributed by atoms with van der Waals surface area (Å²) in [5.74, 6) is 1.18. The molecule has 1 aliphatic heterocycles. The Hall–Kier alpha value is -2.90. The molecule has 4 heterocycles. The number of imidazole rings is 1. The summed E-state index contributed by atoms with van der Waals surface area (Å²) in [5.41, 5.74) is 1.33. The maximum absolute atomic E-state index is 13.3. The molecule has 1 aliphatic rings. The average molecular weight is 510 g/mol. The van der Waals surface area contributed by atoms with E-state index < -0.39 is 16.4 Å². The van der Waals surface area contributed by atoms with E-state index in [1.807, 2.05) is 13.1 Å². The van der Waals surface area contributed by atoms with Crippen LogP contribution in [0.25, 0.3) is 16.9 Å². The van der Waals surface area contributed by atoms with E-state index in [1.54, 1.807) is 12.3 Å². The van der Waals surface area contributed by atoms with Crippen molar-refractivity contribution in [2.75, 3.05) is 51.0 Å². The predicted octanol–water partition coefficient (Wildman–Crippen LogP) is 2.09. The molecule has 0 spiro atoms. The normalized spacial score (nSPS) is 16.8. The van der Waals surface area contributed by atoms with Crippen LogP contribution < -0.4 is 19.7 Å². The van der Waals surface area contributed by atoms with Gasteiger partial charge in [0.1, 0.15) is 18.1 Å². The van der Waals surface area contributed by atoms with Crippen molar-refractivity contribution in [3.63, 3.8) is 0 Å². The van der Waals surface area contributed by atoms with Crippen molar-refractivity contribution in [1.82, 2.24) is 29.6 Å². The lowest BCUT2D eigenvalue weighted by molar-refractivity contribution is 0.144. The number of likely N-dealkylation sites (N-methyl/N-ethyl adjacent to an activating group) is 1. The quantitative estimate of drug-likeness (QED) is 0.400. The number of rotatable bonds is 10. The molecule has 190 valence electrons. The van der Waals surface area contributed by atoms with Gasteiger partial charge in [-0.25, -0.2) is 31.4 Å². The number of nitrogens with zero attached hydrogens (tertiary/aromatic N) is 5. The fourth-order valence-corrected chi connectivity index (χ4v) is 4.58. The molecule has 13 heteroatoms. The SMILES string of the molecule is CNCCOc1cc(-c2cnc3ccc(C(F)F)nn23)cc(N2CCCC(CNS(C)(=O)=O)C2)n1. The van der Waals surface area contributed by atoms with E-state index in [-0.39, 0.29) is 11.6 Å². The second-order valence-electron chi connectivity index (χ2n) is 8.55. The molecule has 0 radical (unpaired) electrons. The van der Waals surface area contributed by atoms with Gasteiger partial charge in [-0.05, 0) is 44.0 Å². The Bertz CT molecular complexity index is 1270. The van der Waals surface area contributed by atoms with E-state index >= 15 is 0 Å². The van der Waals surface area contributed by atoms with Crippen molar-refractivity contribution in [2.45, 2.75) is 19.3 Å². The maximum Gasteiger partial charge on any atom is 0.282 e. The molecule has 3 aromatic rings. The fraction of sp³-hybridized carbons (Fsp3) is 0.500. The Labute approximate surface area is 202 Å². The summed E-state index contributed by atoms with van der Waals surface area (Å²) in [6, 6.07) is 6.37. The maximum atomic E-state index is 13.3. The number of sulfonamides is 1. The minimum absolute atomic E-state index is 0.128. The van der Waals surface area contributed by atoms with Crippen molar-refractivity contribution in [1.29, 1.82) is 0 Å². The van der Waals surface area contributed by atoms with Gasteiger partial charge >= 0.3 is 0 Å². The molecule has 0 amide bonds. The first-order valence-corrected chi connectivity index (χ1v) is 13.2. The number of fused-ring (bicyclic) bond motifs is 1. The highest BCUT2D eigenvalue weighted by Gasteiger charge is 2.23. The van der Waals surface area contributed by atoms with Crippen molar-refractivity contribution in [2.24, 2.45) is 5.92 Å². The number of hydrogen-bond acceptors (Lipinski definition) is 8. The Kier molecular flexibility index (Phi) is 7.77. The van der Waals surface area contributed by atoms with Gasteiger partial charge in [-0.15, -0.1) is 0 Å². The van der Waals surface area contributed by atoms with Gasteiger partial charge < -0.3 is 15.0 Å². The minimum Gasteiger partial charge on any atom is -0.476 e. The Morgan fingerprint density at radius 3 is 2.86 bits per heavy atom. The van der Waals surface area contributed by atoms with Gasteiger partial charge in [0.05, 0.1) is 18.1 Å². The molecular weight excluding hydrogens is 480 g/mol. The average Bonchev–Trinajstić information content (AvgIpc) is 3.26. The number of anilines is 1. The number of alkyl halides is 2. The molecule has 35 heavy (non-hydrogen) atoms. The minimum atomic E-state index is -3.27. The fourth-order valence-electron chi connectivity index (χ4n) is 4.04.